The third-order valence-electron chi connectivity index (χ3n) is 6.84. The van der Waals surface area contributed by atoms with Crippen LogP contribution in [0, 0.1) is 0 Å². The molecule has 0 aliphatic heterocycles. The molecular weight excluding hydrogens is 512 g/mol. The Morgan fingerprint density at radius 2 is 1.94 bits per heavy atom. The van der Waals surface area contributed by atoms with E-state index in [2.05, 4.69) is 55.5 Å². The van der Waals surface area contributed by atoms with Crippen LogP contribution in [0.5, 0.6) is 0 Å². The van der Waals surface area contributed by atoms with Gasteiger partial charge in [-0.2, -0.15) is 4.98 Å². The number of aryl methyl sites for hydroxylation is 3. The minimum absolute atomic E-state index is 0.142. The predicted octanol–water partition coefficient (Wildman–Crippen LogP) is 3.84. The number of imidazole rings is 1. The highest BCUT2D eigenvalue weighted by Gasteiger charge is 2.49. The second-order valence-electron chi connectivity index (χ2n) is 9.10. The molecule has 1 aromatic carbocycles. The molecule has 0 atom stereocenters. The minimum atomic E-state index is -0.205. The van der Waals surface area contributed by atoms with E-state index < -0.39 is 0 Å². The van der Waals surface area contributed by atoms with Crippen molar-refractivity contribution in [2.45, 2.75) is 63.8 Å². The van der Waals surface area contributed by atoms with Crippen LogP contribution in [-0.4, -0.2) is 37.9 Å². The lowest BCUT2D eigenvalue weighted by Gasteiger charge is -2.10. The van der Waals surface area contributed by atoms with Gasteiger partial charge in [0.05, 0.1) is 21.6 Å². The molecule has 0 saturated heterocycles. The van der Waals surface area contributed by atoms with E-state index in [4.69, 9.17) is 9.51 Å². The first-order valence-electron chi connectivity index (χ1n) is 12.0. The molecule has 1 fully saturated rings. The fourth-order valence-corrected chi connectivity index (χ4v) is 5.18. The molecule has 0 amide bonds. The summed E-state index contributed by atoms with van der Waals surface area (Å²) in [5, 5.41) is 13.0. The van der Waals surface area contributed by atoms with Crippen molar-refractivity contribution in [3.8, 4) is 0 Å². The van der Waals surface area contributed by atoms with Crippen LogP contribution in [0.2, 0.25) is 0 Å². The van der Waals surface area contributed by atoms with Crippen LogP contribution in [0.15, 0.2) is 46.0 Å². The van der Waals surface area contributed by atoms with E-state index in [1.54, 1.807) is 14.3 Å². The number of halogens is 1. The van der Waals surface area contributed by atoms with Gasteiger partial charge in [-0.3, -0.25) is 13.0 Å². The summed E-state index contributed by atoms with van der Waals surface area (Å²) in [6.07, 6.45) is 7.69. The standard InChI is InChI=1S/C24H25BrN8O2/c1-2-3-7-14-31-20-19(32(25)15-26-20)21(34)33-17(28-29-23(31)33)10-11-18-27-22(30-35-18)24(12-13-24)16-8-5-4-6-9-16/h4-6,8-9,15H,2-3,7,10-14H2,1H3. The maximum atomic E-state index is 13.4. The number of aromatic nitrogens is 8. The normalized spacial score (nSPS) is 14.8. The van der Waals surface area contributed by atoms with E-state index in [1.165, 1.54) is 5.56 Å². The third-order valence-corrected chi connectivity index (χ3v) is 7.38. The zero-order valence-electron chi connectivity index (χ0n) is 19.4. The Bertz CT molecular complexity index is 1560. The van der Waals surface area contributed by atoms with E-state index in [9.17, 15) is 4.79 Å². The molecule has 10 nitrogen and oxygen atoms in total. The molecular formula is C24H25BrN8O2. The Hall–Kier alpha value is -3.34. The molecule has 0 bridgehead atoms. The van der Waals surface area contributed by atoms with Crippen molar-refractivity contribution in [1.29, 1.82) is 0 Å². The fourth-order valence-electron chi connectivity index (χ4n) is 4.78. The molecule has 11 heteroatoms. The molecule has 5 aromatic rings. The highest BCUT2D eigenvalue weighted by atomic mass is 79.9. The Balaban J connectivity index is 1.30. The van der Waals surface area contributed by atoms with E-state index in [1.807, 2.05) is 22.8 Å². The number of rotatable bonds is 9. The molecule has 4 heterocycles. The first-order chi connectivity index (χ1) is 17.1. The largest absolute Gasteiger partial charge is 0.339 e. The van der Waals surface area contributed by atoms with Crippen molar-refractivity contribution < 1.29 is 4.52 Å². The summed E-state index contributed by atoms with van der Waals surface area (Å²) in [5.41, 5.74) is 1.94. The first-order valence-corrected chi connectivity index (χ1v) is 12.7. The third kappa shape index (κ3) is 3.69. The molecule has 0 N–H and O–H groups in total. The zero-order chi connectivity index (χ0) is 24.0. The fraction of sp³-hybridized carbons (Fsp3) is 0.417. The molecule has 35 heavy (non-hydrogen) atoms. The number of fused-ring (bicyclic) bond motifs is 2. The maximum Gasteiger partial charge on any atom is 0.287 e. The predicted molar refractivity (Wildman–Crippen MR) is 133 cm³/mol. The highest BCUT2D eigenvalue weighted by molar-refractivity contribution is 9.08. The molecule has 0 unspecified atom stereocenters. The number of benzene rings is 1. The molecule has 1 aliphatic rings. The SMILES string of the molecule is CCCCCn1c2ncn(Br)c2c(=O)n2c(CCc3nc(C4(c5ccccc5)CC4)no3)nnc12. The van der Waals surface area contributed by atoms with Gasteiger partial charge in [0.1, 0.15) is 12.2 Å². The molecule has 1 saturated carbocycles. The van der Waals surface area contributed by atoms with Crippen molar-refractivity contribution in [3.05, 3.63) is 70.1 Å². The van der Waals surface area contributed by atoms with Crippen LogP contribution >= 0.6 is 16.1 Å². The second kappa shape index (κ2) is 8.71. The summed E-state index contributed by atoms with van der Waals surface area (Å²) >= 11 is 3.41. The summed E-state index contributed by atoms with van der Waals surface area (Å²) < 4.78 is 10.7. The van der Waals surface area contributed by atoms with Crippen LogP contribution in [0.4, 0.5) is 0 Å². The first kappa shape index (κ1) is 22.1. The average molecular weight is 537 g/mol. The van der Waals surface area contributed by atoms with Gasteiger partial charge in [0.2, 0.25) is 11.7 Å². The van der Waals surface area contributed by atoms with E-state index in [0.717, 1.165) is 37.9 Å². The van der Waals surface area contributed by atoms with Gasteiger partial charge in [0, 0.05) is 19.4 Å². The number of nitrogens with zero attached hydrogens (tertiary/aromatic N) is 8. The van der Waals surface area contributed by atoms with Crippen molar-refractivity contribution in [1.82, 2.24) is 37.9 Å². The van der Waals surface area contributed by atoms with Crippen LogP contribution in [0.25, 0.3) is 16.9 Å². The lowest BCUT2D eigenvalue weighted by Crippen LogP contribution is -2.22. The lowest BCUT2D eigenvalue weighted by molar-refractivity contribution is 0.369. The Labute approximate surface area is 209 Å². The molecule has 180 valence electrons. The monoisotopic (exact) mass is 536 g/mol. The van der Waals surface area contributed by atoms with Gasteiger partial charge >= 0.3 is 0 Å². The smallest absolute Gasteiger partial charge is 0.287 e. The van der Waals surface area contributed by atoms with Crippen molar-refractivity contribution >= 4 is 33.1 Å². The summed E-state index contributed by atoms with van der Waals surface area (Å²) in [6.45, 7) is 2.87. The zero-order valence-corrected chi connectivity index (χ0v) is 21.0. The average Bonchev–Trinajstić information content (AvgIpc) is 3.19. The second-order valence-corrected chi connectivity index (χ2v) is 9.87. The Morgan fingerprint density at radius 1 is 1.11 bits per heavy atom. The topological polar surface area (TPSA) is 109 Å². The summed E-state index contributed by atoms with van der Waals surface area (Å²) in [6, 6.07) is 10.3. The van der Waals surface area contributed by atoms with E-state index in [-0.39, 0.29) is 11.0 Å². The molecule has 4 aromatic heterocycles. The molecule has 0 spiro atoms. The lowest BCUT2D eigenvalue weighted by atomic mass is 9.95. The quantitative estimate of drug-likeness (QED) is 0.263. The summed E-state index contributed by atoms with van der Waals surface area (Å²) in [5.74, 6) is 2.34. The maximum absolute atomic E-state index is 13.4. The molecule has 1 aliphatic carbocycles. The molecule has 6 rings (SSSR count). The van der Waals surface area contributed by atoms with Gasteiger partial charge in [0.15, 0.2) is 17.0 Å². The summed E-state index contributed by atoms with van der Waals surface area (Å²) in [4.78, 5) is 22.5. The van der Waals surface area contributed by atoms with E-state index in [0.29, 0.717) is 48.0 Å². The highest BCUT2D eigenvalue weighted by Crippen LogP contribution is 2.52. The number of hydrogen-bond acceptors (Lipinski definition) is 7. The van der Waals surface area contributed by atoms with Gasteiger partial charge in [-0.1, -0.05) is 55.3 Å². The Morgan fingerprint density at radius 3 is 2.71 bits per heavy atom. The van der Waals surface area contributed by atoms with Gasteiger partial charge in [-0.05, 0) is 24.8 Å². The van der Waals surface area contributed by atoms with Crippen molar-refractivity contribution in [2.75, 3.05) is 0 Å². The summed E-state index contributed by atoms with van der Waals surface area (Å²) in [7, 11) is 0. The minimum Gasteiger partial charge on any atom is -0.339 e. The van der Waals surface area contributed by atoms with Crippen LogP contribution in [0.3, 0.4) is 0 Å². The number of hydrogen-bond donors (Lipinski definition) is 0. The van der Waals surface area contributed by atoms with Gasteiger partial charge in [-0.25, -0.2) is 9.38 Å². The van der Waals surface area contributed by atoms with Crippen LogP contribution in [-0.2, 0) is 24.8 Å². The number of unbranched alkanes of at least 4 members (excludes halogenated alkanes) is 2. The Kier molecular flexibility index (Phi) is 5.51. The van der Waals surface area contributed by atoms with Gasteiger partial charge < -0.3 is 4.52 Å². The molecule has 0 radical (unpaired) electrons. The van der Waals surface area contributed by atoms with Crippen molar-refractivity contribution in [3.63, 3.8) is 0 Å². The van der Waals surface area contributed by atoms with E-state index >= 15 is 0 Å². The van der Waals surface area contributed by atoms with Gasteiger partial charge in [-0.15, -0.1) is 10.2 Å². The van der Waals surface area contributed by atoms with Crippen LogP contribution < -0.4 is 5.56 Å². The van der Waals surface area contributed by atoms with Gasteiger partial charge in [0.25, 0.3) is 5.56 Å². The van der Waals surface area contributed by atoms with Crippen molar-refractivity contribution in [2.24, 2.45) is 0 Å². The van der Waals surface area contributed by atoms with Crippen LogP contribution in [0.1, 0.15) is 62.1 Å².